The van der Waals surface area contributed by atoms with Crippen LogP contribution in [0.2, 0.25) is 0 Å². The fraction of sp³-hybridized carbons (Fsp3) is 0.272. The van der Waals surface area contributed by atoms with E-state index in [2.05, 4.69) is 105 Å². The Hall–Kier alpha value is -9.49. The molecule has 10 aromatic carbocycles. The zero-order chi connectivity index (χ0) is 100. The lowest BCUT2D eigenvalue weighted by molar-refractivity contribution is -0.749. The Bertz CT molecular complexity index is 6540. The van der Waals surface area contributed by atoms with Crippen LogP contribution in [0.15, 0.2) is 248 Å². The smallest absolute Gasteiger partial charge is 0.350 e. The highest BCUT2D eigenvalue weighted by Gasteiger charge is 2.43. The molecule has 6 heteroatoms. The number of rotatable bonds is 15. The third-order valence-electron chi connectivity index (χ3n) is 19.0. The quantitative estimate of drug-likeness (QED) is 0.0330. The first-order chi connectivity index (χ1) is 62.6. The van der Waals surface area contributed by atoms with E-state index in [1.54, 1.807) is 22.8 Å². The molecule has 0 bridgehead atoms. The van der Waals surface area contributed by atoms with Crippen molar-refractivity contribution in [3.63, 3.8) is 0 Å². The maximum Gasteiger partial charge on any atom is 0.350 e. The second-order valence-corrected chi connectivity index (χ2v) is 30.3. The number of imidazole rings is 1. The molecule has 5 nitrogen and oxygen atoms in total. The van der Waals surface area contributed by atoms with Crippen molar-refractivity contribution >= 4 is 68.4 Å². The number of nitrogens with zero attached hydrogens (tertiary/aromatic N) is 4. The summed E-state index contributed by atoms with van der Waals surface area (Å²) in [5, 5.41) is 5.76. The lowest BCUT2D eigenvalue weighted by Gasteiger charge is -2.42. The molecule has 0 N–H and O–H groups in total. The summed E-state index contributed by atoms with van der Waals surface area (Å²) in [6.45, 7) is -23.4. The van der Waals surface area contributed by atoms with Gasteiger partial charge in [0.2, 0.25) is 0 Å². The van der Waals surface area contributed by atoms with Crippen LogP contribution in [-0.4, -0.2) is 19.4 Å². The van der Waals surface area contributed by atoms with Crippen LogP contribution in [0.1, 0.15) is 199 Å². The Balaban J connectivity index is 0.980. The van der Waals surface area contributed by atoms with Gasteiger partial charge in [-0.1, -0.05) is 257 Å². The van der Waals surface area contributed by atoms with Gasteiger partial charge >= 0.3 is 12.5 Å². The Labute approximate surface area is 636 Å². The van der Waals surface area contributed by atoms with Crippen LogP contribution in [0.3, 0.4) is 0 Å². The SMILES string of the molecule is [2H]c1c([2H])c2c(c([2H])c1-c1cccc(-c3c([2H])c([2H])c4c(c3[2H])C(C([2H])([2H])[2H])(C([2H])([2H])[2H])C([2H])([2H])C([2H])([2H])C4(C([2H])([2H])[2H])C([2H])([2H])[2H])c1CCCC[n+]1[c-][n+](-c3cc(Oc4ccc5c6cccc[c-]6[n+]([C-]6C=C(C(C)(C)C)C=C[N+]6=C)c5c4C)cc([Si](c4ccccc4)(c4ccccc4)c4ccccc4)c3)c3cccc[c-]31)C(C([2H])([2H])[2H])(C([2H])([2H])[2H])C([2H])([2H])C([2H])([2H])C2(C([2H])([2H])[2H])C([2H])([2H])[2H]. The second kappa shape index (κ2) is 24.5. The average Bonchev–Trinajstić information content (AvgIpc) is 1.12. The predicted octanol–water partition coefficient (Wildman–Crippen LogP) is 18.3. The van der Waals surface area contributed by atoms with E-state index < -0.39 is 203 Å². The molecule has 2 aliphatic carbocycles. The summed E-state index contributed by atoms with van der Waals surface area (Å²) in [5.74, 6) is 0.889. The van der Waals surface area contributed by atoms with Gasteiger partial charge in [0.1, 0.15) is 24.8 Å². The summed E-state index contributed by atoms with van der Waals surface area (Å²) in [4.78, 5) is 0. The summed E-state index contributed by atoms with van der Waals surface area (Å²) in [5.41, 5.74) is -25.4. The van der Waals surface area contributed by atoms with Gasteiger partial charge in [0, 0.05) is 68.0 Å². The van der Waals surface area contributed by atoms with E-state index in [0.717, 1.165) is 78.1 Å². The third kappa shape index (κ3) is 11.2. The van der Waals surface area contributed by atoms with Crippen molar-refractivity contribution in [1.29, 1.82) is 0 Å². The molecule has 0 amide bonds. The summed E-state index contributed by atoms with van der Waals surface area (Å²) in [6, 6.07) is 48.6. The molecule has 0 radical (unpaired) electrons. The lowest BCUT2D eigenvalue weighted by Crippen LogP contribution is -2.74. The van der Waals surface area contributed by atoms with Crippen LogP contribution in [0.5, 0.6) is 11.5 Å². The number of para-hydroxylation sites is 3. The molecule has 98 heavy (non-hydrogen) atoms. The molecule has 0 atom stereocenters. The lowest BCUT2D eigenvalue weighted by atomic mass is 9.62. The van der Waals surface area contributed by atoms with E-state index in [1.807, 2.05) is 119 Å². The van der Waals surface area contributed by atoms with Crippen molar-refractivity contribution in [2.75, 3.05) is 0 Å². The van der Waals surface area contributed by atoms with Crippen LogP contribution in [0.25, 0.3) is 60.8 Å². The van der Waals surface area contributed by atoms with Gasteiger partial charge in [-0.15, -0.1) is 22.9 Å². The summed E-state index contributed by atoms with van der Waals surface area (Å²) in [7, 11) is -3.55. The maximum atomic E-state index is 10.4. The van der Waals surface area contributed by atoms with E-state index in [9.17, 15) is 19.2 Å². The molecule has 0 saturated carbocycles. The van der Waals surface area contributed by atoms with Crippen molar-refractivity contribution in [3.8, 4) is 39.4 Å². The van der Waals surface area contributed by atoms with Crippen LogP contribution in [-0.2, 0) is 34.6 Å². The zero-order valence-corrected chi connectivity index (χ0v) is 55.4. The van der Waals surface area contributed by atoms with E-state index in [1.165, 1.54) is 0 Å². The number of hydrogen-bond acceptors (Lipinski definition) is 1. The Kier molecular flexibility index (Phi) is 8.58. The number of fused-ring (bicyclic) bond motifs is 6. The summed E-state index contributed by atoms with van der Waals surface area (Å²) < 4.78 is 370. The van der Waals surface area contributed by atoms with Gasteiger partial charge in [-0.3, -0.25) is 4.57 Å². The van der Waals surface area contributed by atoms with Crippen molar-refractivity contribution in [3.05, 3.63) is 294 Å². The first kappa shape index (κ1) is 34.3. The Morgan fingerprint density at radius 1 is 0.602 bits per heavy atom. The van der Waals surface area contributed by atoms with Gasteiger partial charge < -0.3 is 13.9 Å². The number of ether oxygens (including phenoxy) is 1. The van der Waals surface area contributed by atoms with E-state index in [-0.39, 0.29) is 24.8 Å². The fourth-order valence-electron chi connectivity index (χ4n) is 14.1. The molecule has 0 unspecified atom stereocenters. The summed E-state index contributed by atoms with van der Waals surface area (Å²) >= 11 is 0. The molecule has 0 saturated heterocycles. The van der Waals surface area contributed by atoms with E-state index >= 15 is 0 Å². The number of aryl methyl sites for hydroxylation is 2. The highest BCUT2D eigenvalue weighted by molar-refractivity contribution is 7.20. The minimum Gasteiger partial charge on any atom is -0.459 e. The Morgan fingerprint density at radius 2 is 1.15 bits per heavy atom. The standard InChI is InChI=1S/C92H94N4OSi/c1-63-85(48-45-77-76-37-23-24-40-82(76)96(87(63)77)86-58-66(88(2,3)4)49-55-93(86)13)97-68-59-67(60-72(61-68)98(69-30-17-14-18-31-69,70-32-19-15-20-33-70)71-34-21-16-22-35-71)95-62-94(83-41-25-26-42-84(83)95)54-28-27-36-75-73(64-43-46-78-80(56-64)91(9,10)52-50-89(78,5)6)38-29-39-74(75)65-44-47-79-81(57-65)92(11,12)53-51-90(79,7)8/h14-26,29-35,37-49,55-61H,13,27-28,36,50-54H2,1-12H3/i5D3,6D3,7D3,8D3,9D3,10D3,11D3,12D3,43D,44D,46D,47D,50D2,51D2,52D2,53D2,56D,57D. The molecule has 0 fully saturated rings. The molecule has 12 aromatic rings. The van der Waals surface area contributed by atoms with E-state index in [0.29, 0.717) is 28.2 Å². The van der Waals surface area contributed by atoms with Gasteiger partial charge in [-0.2, -0.15) is 22.8 Å². The third-order valence-corrected chi connectivity index (χ3v) is 23.7. The van der Waals surface area contributed by atoms with Crippen molar-refractivity contribution in [2.24, 2.45) is 5.41 Å². The molecule has 0 spiro atoms. The number of hydrogen-bond donors (Lipinski definition) is 0. The van der Waals surface area contributed by atoms with Crippen molar-refractivity contribution in [2.45, 2.75) is 155 Å². The van der Waals surface area contributed by atoms with Gasteiger partial charge in [-0.25, -0.2) is 0 Å². The van der Waals surface area contributed by atoms with Gasteiger partial charge in [0.15, 0.2) is 14.3 Å². The zero-order valence-electron chi connectivity index (χ0n) is 92.4. The van der Waals surface area contributed by atoms with Crippen LogP contribution in [0.4, 0.5) is 0 Å². The minimum atomic E-state index is -4.82. The number of aromatic nitrogens is 3. The number of unbranched alkanes of at least 4 members (excludes halogenated alkanes) is 1. The molecule has 3 aliphatic rings. The molecule has 492 valence electrons. The normalized spacial score (nSPS) is 25.1. The van der Waals surface area contributed by atoms with Gasteiger partial charge in [-0.05, 0) is 167 Å². The first-order valence-electron chi connectivity index (χ1n) is 51.4. The van der Waals surface area contributed by atoms with Crippen molar-refractivity contribution in [1.82, 2.24) is 0 Å². The summed E-state index contributed by atoms with van der Waals surface area (Å²) in [6.07, 6.45) is -9.72. The fourth-order valence-corrected chi connectivity index (χ4v) is 18.9. The van der Waals surface area contributed by atoms with Crippen molar-refractivity contribution < 1.29 is 75.1 Å². The molecule has 1 aliphatic heterocycles. The molecule has 2 aromatic heterocycles. The van der Waals surface area contributed by atoms with Crippen LogP contribution < -0.4 is 39.2 Å². The average molecular weight is 1340 g/mol. The molecular weight excluding hydrogens is 1210 g/mol. The maximum absolute atomic E-state index is 10.4. The molecular formula is C92H94N4OSi. The monoisotopic (exact) mass is 1340 g/mol. The van der Waals surface area contributed by atoms with Gasteiger partial charge in [0.05, 0.1) is 30.5 Å². The van der Waals surface area contributed by atoms with Gasteiger partial charge in [0.25, 0.3) is 0 Å². The largest absolute Gasteiger partial charge is 0.459 e. The predicted molar refractivity (Wildman–Crippen MR) is 409 cm³/mol. The first-order valence-corrected chi connectivity index (χ1v) is 34.4. The number of allylic oxidation sites excluding steroid dienone is 2. The molecule has 15 rings (SSSR count). The molecule has 3 heterocycles. The highest BCUT2D eigenvalue weighted by Crippen LogP contribution is 2.50. The number of benzene rings is 10. The second-order valence-electron chi connectivity index (χ2n) is 26.5. The Morgan fingerprint density at radius 3 is 1.72 bits per heavy atom. The van der Waals surface area contributed by atoms with Crippen LogP contribution >= 0.6 is 0 Å². The highest BCUT2D eigenvalue weighted by atomic mass is 28.3. The topological polar surface area (TPSA) is 23.9 Å². The van der Waals surface area contributed by atoms with E-state index in [4.69, 9.17) is 37.6 Å². The van der Waals surface area contributed by atoms with Crippen LogP contribution in [0, 0.1) is 24.8 Å². The minimum absolute atomic E-state index is 0.0810.